The molecule has 0 aliphatic rings. The van der Waals surface area contributed by atoms with E-state index >= 15 is 0 Å². The first-order valence-corrected chi connectivity index (χ1v) is 3.33. The zero-order chi connectivity index (χ0) is 8.97. The molecule has 0 amide bonds. The van der Waals surface area contributed by atoms with Crippen molar-refractivity contribution >= 4 is 5.97 Å². The number of nitrogens with zero attached hydrogens (tertiary/aromatic N) is 1. The SMILES string of the molecule is [N]OCc1ccccc1C(=O)O. The van der Waals surface area contributed by atoms with Gasteiger partial charge in [0.05, 0.1) is 12.2 Å². The van der Waals surface area contributed by atoms with Crippen LogP contribution in [0.2, 0.25) is 0 Å². The molecular formula is C8H7NO3. The van der Waals surface area contributed by atoms with Crippen LogP contribution in [0.4, 0.5) is 0 Å². The molecule has 0 saturated carbocycles. The van der Waals surface area contributed by atoms with E-state index in [9.17, 15) is 4.79 Å². The monoisotopic (exact) mass is 165 g/mol. The molecule has 0 spiro atoms. The third-order valence-electron chi connectivity index (χ3n) is 1.47. The van der Waals surface area contributed by atoms with Crippen molar-refractivity contribution in [3.05, 3.63) is 35.4 Å². The maximum absolute atomic E-state index is 10.6. The highest BCUT2D eigenvalue weighted by Gasteiger charge is 2.07. The van der Waals surface area contributed by atoms with Crippen LogP contribution in [-0.4, -0.2) is 11.1 Å². The van der Waals surface area contributed by atoms with Gasteiger partial charge in [-0.05, 0) is 11.6 Å². The minimum atomic E-state index is -1.03. The van der Waals surface area contributed by atoms with E-state index in [1.54, 1.807) is 18.2 Å². The Morgan fingerprint density at radius 2 is 2.17 bits per heavy atom. The van der Waals surface area contributed by atoms with E-state index in [2.05, 4.69) is 4.84 Å². The van der Waals surface area contributed by atoms with Crippen LogP contribution in [0.25, 0.3) is 0 Å². The molecule has 0 aromatic heterocycles. The fourth-order valence-corrected chi connectivity index (χ4v) is 0.924. The van der Waals surface area contributed by atoms with Gasteiger partial charge in [0, 0.05) is 5.90 Å². The zero-order valence-electron chi connectivity index (χ0n) is 6.23. The minimum absolute atomic E-state index is 0.109. The summed E-state index contributed by atoms with van der Waals surface area (Å²) in [4.78, 5) is 14.4. The van der Waals surface area contributed by atoms with Crippen LogP contribution in [-0.2, 0) is 11.4 Å². The first kappa shape index (κ1) is 8.70. The second-order valence-electron chi connectivity index (χ2n) is 2.24. The molecule has 62 valence electrons. The summed E-state index contributed by atoms with van der Waals surface area (Å²) in [5, 5.41) is 8.66. The second kappa shape index (κ2) is 3.85. The van der Waals surface area contributed by atoms with Crippen LogP contribution in [0.3, 0.4) is 0 Å². The Balaban J connectivity index is 3.00. The summed E-state index contributed by atoms with van der Waals surface area (Å²) < 4.78 is 0. The number of carboxylic acid groups (broad SMARTS) is 1. The van der Waals surface area contributed by atoms with E-state index in [1.807, 2.05) is 0 Å². The lowest BCUT2D eigenvalue weighted by atomic mass is 10.1. The van der Waals surface area contributed by atoms with Gasteiger partial charge in [-0.15, -0.1) is 0 Å². The van der Waals surface area contributed by atoms with Crippen LogP contribution in [0.15, 0.2) is 24.3 Å². The predicted octanol–water partition coefficient (Wildman–Crippen LogP) is 0.885. The normalized spacial score (nSPS) is 9.75. The molecule has 0 bridgehead atoms. The number of aromatic carboxylic acids is 1. The maximum Gasteiger partial charge on any atom is 0.336 e. The van der Waals surface area contributed by atoms with Gasteiger partial charge in [0.25, 0.3) is 0 Å². The van der Waals surface area contributed by atoms with Gasteiger partial charge in [-0.25, -0.2) is 4.79 Å². The number of carbonyl (C=O) groups is 1. The molecule has 0 aliphatic heterocycles. The highest BCUT2D eigenvalue weighted by Crippen LogP contribution is 2.08. The first-order chi connectivity index (χ1) is 5.75. The van der Waals surface area contributed by atoms with E-state index in [-0.39, 0.29) is 12.2 Å². The van der Waals surface area contributed by atoms with Gasteiger partial charge in [0.15, 0.2) is 0 Å². The summed E-state index contributed by atoms with van der Waals surface area (Å²) >= 11 is 0. The summed E-state index contributed by atoms with van der Waals surface area (Å²) in [6.07, 6.45) is 0. The maximum atomic E-state index is 10.6. The first-order valence-electron chi connectivity index (χ1n) is 3.33. The molecule has 0 heterocycles. The molecule has 1 aromatic rings. The highest BCUT2D eigenvalue weighted by molar-refractivity contribution is 5.89. The number of rotatable bonds is 3. The number of carboxylic acids is 1. The van der Waals surface area contributed by atoms with Gasteiger partial charge < -0.3 is 5.11 Å². The Morgan fingerprint density at radius 3 is 2.75 bits per heavy atom. The van der Waals surface area contributed by atoms with Crippen LogP contribution < -0.4 is 5.90 Å². The van der Waals surface area contributed by atoms with Crippen molar-refractivity contribution in [2.24, 2.45) is 0 Å². The molecule has 0 atom stereocenters. The van der Waals surface area contributed by atoms with Crippen LogP contribution in [0.5, 0.6) is 0 Å². The lowest BCUT2D eigenvalue weighted by Gasteiger charge is -2.01. The quantitative estimate of drug-likeness (QED) is 0.676. The summed E-state index contributed by atoms with van der Waals surface area (Å²) in [5.74, 6) is 7.11. The van der Waals surface area contributed by atoms with E-state index in [1.165, 1.54) is 6.07 Å². The Bertz CT molecular complexity index is 285. The molecule has 1 rings (SSSR count). The van der Waals surface area contributed by atoms with Gasteiger partial charge >= 0.3 is 5.97 Å². The summed E-state index contributed by atoms with van der Waals surface area (Å²) in [5.41, 5.74) is 0.596. The molecule has 4 heteroatoms. The third-order valence-corrected chi connectivity index (χ3v) is 1.47. The molecular weight excluding hydrogens is 158 g/mol. The summed E-state index contributed by atoms with van der Waals surface area (Å²) in [7, 11) is 0. The molecule has 12 heavy (non-hydrogen) atoms. The Labute approximate surface area is 69.5 Å². The fourth-order valence-electron chi connectivity index (χ4n) is 0.924. The van der Waals surface area contributed by atoms with Gasteiger partial charge in [-0.3, -0.25) is 4.84 Å². The Kier molecular flexibility index (Phi) is 2.79. The number of hydrogen-bond donors (Lipinski definition) is 1. The van der Waals surface area contributed by atoms with Crippen molar-refractivity contribution in [3.8, 4) is 0 Å². The number of hydrogen-bond acceptors (Lipinski definition) is 2. The van der Waals surface area contributed by atoms with Crippen molar-refractivity contribution in [2.75, 3.05) is 0 Å². The number of benzene rings is 1. The topological polar surface area (TPSA) is 68.8 Å². The summed E-state index contributed by atoms with van der Waals surface area (Å²) in [6, 6.07) is 6.33. The molecule has 1 N–H and O–H groups in total. The summed E-state index contributed by atoms with van der Waals surface area (Å²) in [6.45, 7) is -0.109. The Morgan fingerprint density at radius 1 is 1.50 bits per heavy atom. The standard InChI is InChI=1S/C8H7NO3/c9-12-5-6-3-1-2-4-7(6)8(10)11/h1-4H,5H2,(H,10,11). The predicted molar refractivity (Wildman–Crippen MR) is 40.3 cm³/mol. The second-order valence-corrected chi connectivity index (χ2v) is 2.24. The lowest BCUT2D eigenvalue weighted by Crippen LogP contribution is -2.03. The van der Waals surface area contributed by atoms with Gasteiger partial charge in [-0.2, -0.15) is 0 Å². The molecule has 1 aromatic carbocycles. The third kappa shape index (κ3) is 1.81. The van der Waals surface area contributed by atoms with Crippen LogP contribution >= 0.6 is 0 Å². The van der Waals surface area contributed by atoms with Crippen molar-refractivity contribution < 1.29 is 14.7 Å². The van der Waals surface area contributed by atoms with Crippen molar-refractivity contribution in [3.63, 3.8) is 0 Å². The van der Waals surface area contributed by atoms with Crippen molar-refractivity contribution in [1.82, 2.24) is 5.90 Å². The molecule has 2 radical (unpaired) electrons. The smallest absolute Gasteiger partial charge is 0.336 e. The molecule has 0 saturated heterocycles. The minimum Gasteiger partial charge on any atom is -0.478 e. The average Bonchev–Trinajstić information content (AvgIpc) is 2.05. The van der Waals surface area contributed by atoms with Gasteiger partial charge in [0.1, 0.15) is 0 Å². The van der Waals surface area contributed by atoms with Gasteiger partial charge in [0.2, 0.25) is 0 Å². The Hall–Kier alpha value is -1.39. The largest absolute Gasteiger partial charge is 0.478 e. The highest BCUT2D eigenvalue weighted by atomic mass is 16.6. The molecule has 0 unspecified atom stereocenters. The molecule has 0 fully saturated rings. The van der Waals surface area contributed by atoms with Crippen molar-refractivity contribution in [1.29, 1.82) is 0 Å². The van der Waals surface area contributed by atoms with E-state index in [0.717, 1.165) is 0 Å². The fraction of sp³-hybridized carbons (Fsp3) is 0.125. The van der Waals surface area contributed by atoms with E-state index in [4.69, 9.17) is 11.0 Å². The molecule has 4 nitrogen and oxygen atoms in total. The van der Waals surface area contributed by atoms with E-state index < -0.39 is 5.97 Å². The van der Waals surface area contributed by atoms with Crippen LogP contribution in [0.1, 0.15) is 15.9 Å². The van der Waals surface area contributed by atoms with Crippen LogP contribution in [0, 0.1) is 0 Å². The lowest BCUT2D eigenvalue weighted by molar-refractivity contribution is 0.0683. The van der Waals surface area contributed by atoms with E-state index in [0.29, 0.717) is 5.56 Å². The molecule has 0 aliphatic carbocycles. The van der Waals surface area contributed by atoms with Gasteiger partial charge in [-0.1, -0.05) is 18.2 Å². The zero-order valence-corrected chi connectivity index (χ0v) is 6.23. The average molecular weight is 165 g/mol. The van der Waals surface area contributed by atoms with Crippen molar-refractivity contribution in [2.45, 2.75) is 6.61 Å².